The maximum absolute atomic E-state index is 9.66. The fourth-order valence-corrected chi connectivity index (χ4v) is 4.85. The molecule has 3 fully saturated rings. The summed E-state index contributed by atoms with van der Waals surface area (Å²) in [4.78, 5) is 7.70. The van der Waals surface area contributed by atoms with Crippen molar-refractivity contribution in [2.45, 2.75) is 51.2 Å². The van der Waals surface area contributed by atoms with Crippen LogP contribution in [0.4, 0.5) is 5.69 Å². The highest BCUT2D eigenvalue weighted by molar-refractivity contribution is 5.48. The highest BCUT2D eigenvalue weighted by atomic mass is 16.3. The van der Waals surface area contributed by atoms with E-state index in [1.165, 1.54) is 69.7 Å². The average Bonchev–Trinajstić information content (AvgIpc) is 3.18. The standard InChI is InChI=1S/C22H35N3O/c26-22-9-13-24(14-10-22)18-20-7-15-25(16-8-20)21-5-3-19(4-6-21)17-23-11-1-2-12-23/h3-6,20,22,26H,1-2,7-18H2. The summed E-state index contributed by atoms with van der Waals surface area (Å²) in [6, 6.07) is 9.33. The first-order valence-electron chi connectivity index (χ1n) is 10.7. The third-order valence-electron chi connectivity index (χ3n) is 6.59. The monoisotopic (exact) mass is 357 g/mol. The van der Waals surface area contributed by atoms with E-state index in [1.807, 2.05) is 0 Å². The summed E-state index contributed by atoms with van der Waals surface area (Å²) in [6.45, 7) is 9.43. The summed E-state index contributed by atoms with van der Waals surface area (Å²) >= 11 is 0. The fourth-order valence-electron chi connectivity index (χ4n) is 4.85. The molecule has 0 spiro atoms. The minimum atomic E-state index is -0.0541. The number of aliphatic hydroxyl groups excluding tert-OH is 1. The fraction of sp³-hybridized carbons (Fsp3) is 0.727. The molecule has 1 aromatic rings. The maximum Gasteiger partial charge on any atom is 0.0564 e. The van der Waals surface area contributed by atoms with Crippen LogP contribution in [0, 0.1) is 5.92 Å². The number of anilines is 1. The summed E-state index contributed by atoms with van der Waals surface area (Å²) in [6.07, 6.45) is 7.20. The molecule has 26 heavy (non-hydrogen) atoms. The van der Waals surface area contributed by atoms with E-state index in [-0.39, 0.29) is 6.10 Å². The van der Waals surface area contributed by atoms with Gasteiger partial charge >= 0.3 is 0 Å². The Kier molecular flexibility index (Phi) is 6.13. The molecule has 0 bridgehead atoms. The molecule has 0 saturated carbocycles. The molecular formula is C22H35N3O. The Bertz CT molecular complexity index is 539. The van der Waals surface area contributed by atoms with Crippen LogP contribution in [0.3, 0.4) is 0 Å². The zero-order valence-corrected chi connectivity index (χ0v) is 16.2. The SMILES string of the molecule is OC1CCN(CC2CCN(c3ccc(CN4CCCC4)cc3)CC2)CC1. The minimum absolute atomic E-state index is 0.0541. The van der Waals surface area contributed by atoms with Gasteiger partial charge in [0.05, 0.1) is 6.10 Å². The third-order valence-corrected chi connectivity index (χ3v) is 6.59. The molecule has 4 heteroatoms. The van der Waals surface area contributed by atoms with Gasteiger partial charge in [0.15, 0.2) is 0 Å². The van der Waals surface area contributed by atoms with Crippen molar-refractivity contribution >= 4 is 5.69 Å². The second-order valence-corrected chi connectivity index (χ2v) is 8.61. The molecule has 0 radical (unpaired) electrons. The van der Waals surface area contributed by atoms with Crippen LogP contribution in [0.15, 0.2) is 24.3 Å². The normalized spacial score (nSPS) is 24.4. The van der Waals surface area contributed by atoms with E-state index in [1.54, 1.807) is 0 Å². The number of piperidine rings is 2. The molecule has 1 N–H and O–H groups in total. The number of nitrogens with zero attached hydrogens (tertiary/aromatic N) is 3. The summed E-state index contributed by atoms with van der Waals surface area (Å²) in [5, 5.41) is 9.66. The van der Waals surface area contributed by atoms with Crippen LogP contribution in [0.2, 0.25) is 0 Å². The van der Waals surface area contributed by atoms with Crippen molar-refractivity contribution in [1.82, 2.24) is 9.80 Å². The van der Waals surface area contributed by atoms with Crippen molar-refractivity contribution in [1.29, 1.82) is 0 Å². The Hall–Kier alpha value is -1.10. The second kappa shape index (κ2) is 8.73. The van der Waals surface area contributed by atoms with Crippen LogP contribution in [-0.4, -0.2) is 66.8 Å². The molecule has 3 heterocycles. The molecule has 0 amide bonds. The largest absolute Gasteiger partial charge is 0.393 e. The Balaban J connectivity index is 1.22. The summed E-state index contributed by atoms with van der Waals surface area (Å²) in [5.41, 5.74) is 2.85. The maximum atomic E-state index is 9.66. The van der Waals surface area contributed by atoms with Gasteiger partial charge in [-0.25, -0.2) is 0 Å². The summed E-state index contributed by atoms with van der Waals surface area (Å²) in [7, 11) is 0. The number of aliphatic hydroxyl groups is 1. The van der Waals surface area contributed by atoms with E-state index < -0.39 is 0 Å². The van der Waals surface area contributed by atoms with Gasteiger partial charge in [-0.2, -0.15) is 0 Å². The lowest BCUT2D eigenvalue weighted by atomic mass is 9.94. The van der Waals surface area contributed by atoms with Crippen LogP contribution in [0.5, 0.6) is 0 Å². The first-order chi connectivity index (χ1) is 12.8. The first kappa shape index (κ1) is 18.3. The Morgan fingerprint density at radius 3 is 2.08 bits per heavy atom. The van der Waals surface area contributed by atoms with Gasteiger partial charge < -0.3 is 14.9 Å². The lowest BCUT2D eigenvalue weighted by Gasteiger charge is -2.37. The first-order valence-corrected chi connectivity index (χ1v) is 10.7. The van der Waals surface area contributed by atoms with E-state index in [2.05, 4.69) is 39.0 Å². The molecule has 3 aliphatic heterocycles. The third kappa shape index (κ3) is 4.79. The summed E-state index contributed by atoms with van der Waals surface area (Å²) in [5.74, 6) is 0.830. The predicted octanol–water partition coefficient (Wildman–Crippen LogP) is 2.96. The predicted molar refractivity (Wildman–Crippen MR) is 108 cm³/mol. The van der Waals surface area contributed by atoms with Crippen molar-refractivity contribution in [3.63, 3.8) is 0 Å². The van der Waals surface area contributed by atoms with Crippen LogP contribution in [0.1, 0.15) is 44.1 Å². The lowest BCUT2D eigenvalue weighted by molar-refractivity contribution is 0.0724. The highest BCUT2D eigenvalue weighted by Gasteiger charge is 2.24. The van der Waals surface area contributed by atoms with E-state index in [0.717, 1.165) is 38.4 Å². The minimum Gasteiger partial charge on any atom is -0.393 e. The van der Waals surface area contributed by atoms with Gasteiger partial charge in [0.2, 0.25) is 0 Å². The topological polar surface area (TPSA) is 30.0 Å². The van der Waals surface area contributed by atoms with Gasteiger partial charge in [0.1, 0.15) is 0 Å². The number of rotatable bonds is 5. The van der Waals surface area contributed by atoms with Crippen LogP contribution >= 0.6 is 0 Å². The zero-order chi connectivity index (χ0) is 17.8. The van der Waals surface area contributed by atoms with Crippen molar-refractivity contribution in [2.75, 3.05) is 50.7 Å². The Morgan fingerprint density at radius 2 is 1.42 bits per heavy atom. The number of benzene rings is 1. The Labute approximate surface area is 158 Å². The van der Waals surface area contributed by atoms with Gasteiger partial charge in [0, 0.05) is 45.0 Å². The lowest BCUT2D eigenvalue weighted by Crippen LogP contribution is -2.42. The van der Waals surface area contributed by atoms with Gasteiger partial charge in [0.25, 0.3) is 0 Å². The smallest absolute Gasteiger partial charge is 0.0564 e. The van der Waals surface area contributed by atoms with Crippen molar-refractivity contribution in [3.05, 3.63) is 29.8 Å². The molecule has 3 saturated heterocycles. The quantitative estimate of drug-likeness (QED) is 0.877. The van der Waals surface area contributed by atoms with Crippen LogP contribution in [0.25, 0.3) is 0 Å². The van der Waals surface area contributed by atoms with Crippen LogP contribution in [-0.2, 0) is 6.54 Å². The summed E-state index contributed by atoms with van der Waals surface area (Å²) < 4.78 is 0. The molecule has 0 unspecified atom stereocenters. The number of hydrogen-bond donors (Lipinski definition) is 1. The van der Waals surface area contributed by atoms with Crippen molar-refractivity contribution in [2.24, 2.45) is 5.92 Å². The zero-order valence-electron chi connectivity index (χ0n) is 16.2. The molecule has 4 nitrogen and oxygen atoms in total. The van der Waals surface area contributed by atoms with Gasteiger partial charge in [-0.15, -0.1) is 0 Å². The van der Waals surface area contributed by atoms with Crippen LogP contribution < -0.4 is 4.90 Å². The van der Waals surface area contributed by atoms with E-state index >= 15 is 0 Å². The van der Waals surface area contributed by atoms with E-state index in [4.69, 9.17) is 0 Å². The molecule has 144 valence electrons. The van der Waals surface area contributed by atoms with Crippen molar-refractivity contribution in [3.8, 4) is 0 Å². The van der Waals surface area contributed by atoms with Crippen molar-refractivity contribution < 1.29 is 5.11 Å². The molecule has 3 aliphatic rings. The van der Waals surface area contributed by atoms with Gasteiger partial charge in [-0.05, 0) is 75.2 Å². The van der Waals surface area contributed by atoms with Gasteiger partial charge in [-0.3, -0.25) is 4.90 Å². The molecule has 0 aliphatic carbocycles. The average molecular weight is 358 g/mol. The second-order valence-electron chi connectivity index (χ2n) is 8.61. The highest BCUT2D eigenvalue weighted by Crippen LogP contribution is 2.25. The molecular weight excluding hydrogens is 322 g/mol. The van der Waals surface area contributed by atoms with E-state index in [0.29, 0.717) is 0 Å². The Morgan fingerprint density at radius 1 is 0.769 bits per heavy atom. The molecule has 0 atom stereocenters. The molecule has 1 aromatic carbocycles. The molecule has 0 aromatic heterocycles. The number of hydrogen-bond acceptors (Lipinski definition) is 4. The van der Waals surface area contributed by atoms with Gasteiger partial charge in [-0.1, -0.05) is 12.1 Å². The number of likely N-dealkylation sites (tertiary alicyclic amines) is 2. The molecule has 4 rings (SSSR count). The van der Waals surface area contributed by atoms with E-state index in [9.17, 15) is 5.11 Å².